The van der Waals surface area contributed by atoms with Crippen LogP contribution in [0.2, 0.25) is 0 Å². The molecule has 0 aliphatic heterocycles. The standard InChI is InChI=1S/C24H20N4/c1-17-15-25-24-27(16-18(2)28(17)24)21-11-6-10-20(14-21)23-13-7-12-22(26-23)19-8-4-3-5-9-19/h3-16H,1-2H3. The Bertz CT molecular complexity index is 1280. The maximum atomic E-state index is 4.89. The second kappa shape index (κ2) is 6.50. The van der Waals surface area contributed by atoms with Crippen LogP contribution in [0.4, 0.5) is 0 Å². The Labute approximate surface area is 163 Å². The zero-order valence-corrected chi connectivity index (χ0v) is 15.9. The molecule has 0 saturated carbocycles. The van der Waals surface area contributed by atoms with Gasteiger partial charge in [0.2, 0.25) is 5.78 Å². The molecule has 0 bridgehead atoms. The summed E-state index contributed by atoms with van der Waals surface area (Å²) in [6.45, 7) is 4.18. The number of rotatable bonds is 3. The fourth-order valence-corrected chi connectivity index (χ4v) is 3.70. The molecule has 0 aliphatic carbocycles. The van der Waals surface area contributed by atoms with Crippen LogP contribution in [0.3, 0.4) is 0 Å². The molecule has 2 aromatic carbocycles. The van der Waals surface area contributed by atoms with Gasteiger partial charge in [0.1, 0.15) is 0 Å². The van der Waals surface area contributed by atoms with Crippen LogP contribution in [-0.2, 0) is 0 Å². The second-order valence-electron chi connectivity index (χ2n) is 7.00. The number of aryl methyl sites for hydroxylation is 2. The van der Waals surface area contributed by atoms with Gasteiger partial charge in [0.25, 0.3) is 0 Å². The van der Waals surface area contributed by atoms with E-state index in [4.69, 9.17) is 4.98 Å². The van der Waals surface area contributed by atoms with Crippen molar-refractivity contribution in [3.63, 3.8) is 0 Å². The molecular formula is C24H20N4. The van der Waals surface area contributed by atoms with E-state index >= 15 is 0 Å². The average molecular weight is 364 g/mol. The van der Waals surface area contributed by atoms with Crippen molar-refractivity contribution in [2.75, 3.05) is 0 Å². The molecule has 0 atom stereocenters. The molecule has 0 amide bonds. The van der Waals surface area contributed by atoms with Crippen LogP contribution in [0.5, 0.6) is 0 Å². The van der Waals surface area contributed by atoms with Crippen molar-refractivity contribution in [3.05, 3.63) is 96.6 Å². The van der Waals surface area contributed by atoms with Crippen molar-refractivity contribution in [2.45, 2.75) is 13.8 Å². The van der Waals surface area contributed by atoms with Crippen LogP contribution in [0.15, 0.2) is 85.2 Å². The van der Waals surface area contributed by atoms with E-state index < -0.39 is 0 Å². The number of imidazole rings is 2. The third kappa shape index (κ3) is 2.70. The molecule has 3 aromatic heterocycles. The Morgan fingerprint density at radius 3 is 2.25 bits per heavy atom. The van der Waals surface area contributed by atoms with Gasteiger partial charge in [-0.05, 0) is 38.1 Å². The van der Waals surface area contributed by atoms with E-state index in [-0.39, 0.29) is 0 Å². The first-order chi connectivity index (χ1) is 13.7. The number of benzene rings is 2. The summed E-state index contributed by atoms with van der Waals surface area (Å²) in [5, 5.41) is 0. The maximum Gasteiger partial charge on any atom is 0.218 e. The molecular weight excluding hydrogens is 344 g/mol. The molecule has 0 radical (unpaired) electrons. The lowest BCUT2D eigenvalue weighted by atomic mass is 10.1. The van der Waals surface area contributed by atoms with E-state index in [0.717, 1.165) is 39.7 Å². The molecule has 0 unspecified atom stereocenters. The van der Waals surface area contributed by atoms with Crippen LogP contribution in [0.25, 0.3) is 34.0 Å². The minimum atomic E-state index is 0.929. The Hall–Kier alpha value is -3.66. The summed E-state index contributed by atoms with van der Waals surface area (Å²) >= 11 is 0. The highest BCUT2D eigenvalue weighted by Crippen LogP contribution is 2.25. The summed E-state index contributed by atoms with van der Waals surface area (Å²) in [5.74, 6) is 0.929. The molecule has 4 heteroatoms. The molecule has 0 saturated heterocycles. The molecule has 28 heavy (non-hydrogen) atoms. The third-order valence-corrected chi connectivity index (χ3v) is 5.04. The average Bonchev–Trinajstić information content (AvgIpc) is 3.30. The zero-order valence-electron chi connectivity index (χ0n) is 15.9. The van der Waals surface area contributed by atoms with E-state index in [2.05, 4.69) is 88.6 Å². The van der Waals surface area contributed by atoms with Gasteiger partial charge in [-0.25, -0.2) is 9.97 Å². The fraction of sp³-hybridized carbons (Fsp3) is 0.0833. The lowest BCUT2D eigenvalue weighted by molar-refractivity contribution is 1.05. The number of pyridine rings is 1. The Morgan fingerprint density at radius 1 is 0.714 bits per heavy atom. The van der Waals surface area contributed by atoms with Crippen molar-refractivity contribution in [3.8, 4) is 28.2 Å². The number of nitrogens with zero attached hydrogens (tertiary/aromatic N) is 4. The monoisotopic (exact) mass is 364 g/mol. The minimum Gasteiger partial charge on any atom is -0.285 e. The molecule has 0 aliphatic rings. The number of hydrogen-bond donors (Lipinski definition) is 0. The van der Waals surface area contributed by atoms with Crippen molar-refractivity contribution in [1.82, 2.24) is 18.9 Å². The predicted octanol–water partition coefficient (Wildman–Crippen LogP) is 5.47. The quantitative estimate of drug-likeness (QED) is 0.425. The summed E-state index contributed by atoms with van der Waals surface area (Å²) in [6.07, 6.45) is 4.04. The van der Waals surface area contributed by atoms with Gasteiger partial charge in [0.05, 0.1) is 17.6 Å². The summed E-state index contributed by atoms with van der Waals surface area (Å²) in [6, 6.07) is 24.9. The third-order valence-electron chi connectivity index (χ3n) is 5.04. The molecule has 0 fully saturated rings. The molecule has 0 N–H and O–H groups in total. The van der Waals surface area contributed by atoms with Crippen molar-refractivity contribution < 1.29 is 0 Å². The molecule has 136 valence electrons. The van der Waals surface area contributed by atoms with Gasteiger partial charge in [0.15, 0.2) is 0 Å². The Balaban J connectivity index is 1.60. The van der Waals surface area contributed by atoms with Crippen LogP contribution >= 0.6 is 0 Å². The van der Waals surface area contributed by atoms with E-state index in [0.29, 0.717) is 0 Å². The Kier molecular flexibility index (Phi) is 3.83. The number of aromatic nitrogens is 4. The first-order valence-corrected chi connectivity index (χ1v) is 9.36. The van der Waals surface area contributed by atoms with Gasteiger partial charge < -0.3 is 0 Å². The lowest BCUT2D eigenvalue weighted by Gasteiger charge is -2.08. The van der Waals surface area contributed by atoms with Gasteiger partial charge in [-0.2, -0.15) is 0 Å². The molecule has 5 aromatic rings. The SMILES string of the molecule is Cc1cnc2n(-c3cccc(-c4cccc(-c5ccccc5)n4)c3)cc(C)n12. The fourth-order valence-electron chi connectivity index (χ4n) is 3.70. The highest BCUT2D eigenvalue weighted by atomic mass is 15.2. The Morgan fingerprint density at radius 2 is 1.43 bits per heavy atom. The molecule has 5 rings (SSSR count). The van der Waals surface area contributed by atoms with E-state index in [9.17, 15) is 0 Å². The molecule has 0 spiro atoms. The molecule has 3 heterocycles. The first kappa shape index (κ1) is 16.5. The number of hydrogen-bond acceptors (Lipinski definition) is 2. The highest BCUT2D eigenvalue weighted by Gasteiger charge is 2.11. The highest BCUT2D eigenvalue weighted by molar-refractivity contribution is 5.68. The van der Waals surface area contributed by atoms with E-state index in [1.807, 2.05) is 24.4 Å². The second-order valence-corrected chi connectivity index (χ2v) is 7.00. The normalized spacial score (nSPS) is 11.2. The summed E-state index contributed by atoms with van der Waals surface area (Å²) in [4.78, 5) is 9.47. The topological polar surface area (TPSA) is 35.1 Å². The maximum absolute atomic E-state index is 4.89. The summed E-state index contributed by atoms with van der Waals surface area (Å²) in [7, 11) is 0. The predicted molar refractivity (Wildman–Crippen MR) is 113 cm³/mol. The summed E-state index contributed by atoms with van der Waals surface area (Å²) < 4.78 is 4.30. The van der Waals surface area contributed by atoms with E-state index in [1.165, 1.54) is 5.69 Å². The first-order valence-electron chi connectivity index (χ1n) is 9.36. The van der Waals surface area contributed by atoms with Crippen LogP contribution in [0, 0.1) is 13.8 Å². The number of fused-ring (bicyclic) bond motifs is 1. The summed E-state index contributed by atoms with van der Waals surface area (Å²) in [5.41, 5.74) is 7.53. The minimum absolute atomic E-state index is 0.929. The van der Waals surface area contributed by atoms with Crippen LogP contribution in [-0.4, -0.2) is 18.9 Å². The smallest absolute Gasteiger partial charge is 0.218 e. The van der Waals surface area contributed by atoms with Crippen molar-refractivity contribution >= 4 is 5.78 Å². The largest absolute Gasteiger partial charge is 0.285 e. The van der Waals surface area contributed by atoms with Crippen molar-refractivity contribution in [1.29, 1.82) is 0 Å². The molecule has 4 nitrogen and oxygen atoms in total. The zero-order chi connectivity index (χ0) is 19.1. The van der Waals surface area contributed by atoms with E-state index in [1.54, 1.807) is 0 Å². The van der Waals surface area contributed by atoms with Crippen LogP contribution < -0.4 is 0 Å². The van der Waals surface area contributed by atoms with Gasteiger partial charge >= 0.3 is 0 Å². The van der Waals surface area contributed by atoms with Gasteiger partial charge in [-0.3, -0.25) is 8.97 Å². The van der Waals surface area contributed by atoms with Gasteiger partial charge in [-0.1, -0.05) is 48.5 Å². The van der Waals surface area contributed by atoms with Gasteiger partial charge in [0, 0.05) is 34.4 Å². The lowest BCUT2D eigenvalue weighted by Crippen LogP contribution is -1.95. The van der Waals surface area contributed by atoms with Crippen LogP contribution in [0.1, 0.15) is 11.4 Å². The van der Waals surface area contributed by atoms with Gasteiger partial charge in [-0.15, -0.1) is 0 Å². The van der Waals surface area contributed by atoms with Crippen molar-refractivity contribution in [2.24, 2.45) is 0 Å².